The average molecular weight is 314 g/mol. The van der Waals surface area contributed by atoms with Crippen molar-refractivity contribution in [2.75, 3.05) is 5.32 Å². The van der Waals surface area contributed by atoms with Crippen molar-refractivity contribution >= 4 is 46.7 Å². The number of nitrogens with one attached hydrogen (secondary N) is 2. The predicted molar refractivity (Wildman–Crippen MR) is 83.1 cm³/mol. The van der Waals surface area contributed by atoms with Crippen LogP contribution in [-0.2, 0) is 6.54 Å². The van der Waals surface area contributed by atoms with Crippen molar-refractivity contribution in [2.24, 2.45) is 0 Å². The Morgan fingerprint density at radius 2 is 1.63 bits per heavy atom. The molecule has 0 amide bonds. The molecule has 0 saturated heterocycles. The molecule has 98 valence electrons. The van der Waals surface area contributed by atoms with Gasteiger partial charge in [0.2, 0.25) is 0 Å². The quantitative estimate of drug-likeness (QED) is 0.742. The summed E-state index contributed by atoms with van der Waals surface area (Å²) in [6, 6.07) is 10.9. The highest BCUT2D eigenvalue weighted by Gasteiger charge is 2.05. The van der Waals surface area contributed by atoms with Gasteiger partial charge in [0.1, 0.15) is 0 Å². The zero-order chi connectivity index (χ0) is 13.8. The van der Waals surface area contributed by atoms with Crippen LogP contribution in [0, 0.1) is 5.41 Å². The van der Waals surface area contributed by atoms with Gasteiger partial charge in [-0.2, -0.15) is 0 Å². The minimum absolute atomic E-state index is 0.442. The van der Waals surface area contributed by atoms with Gasteiger partial charge in [-0.25, -0.2) is 0 Å². The molecule has 0 aliphatic carbocycles. The zero-order valence-electron chi connectivity index (χ0n) is 9.88. The van der Waals surface area contributed by atoms with Crippen molar-refractivity contribution in [3.8, 4) is 0 Å². The fraction of sp³-hybridized carbons (Fsp3) is 0.0714. The van der Waals surface area contributed by atoms with Crippen LogP contribution in [0.15, 0.2) is 36.4 Å². The molecule has 0 spiro atoms. The lowest BCUT2D eigenvalue weighted by Crippen LogP contribution is -2.02. The van der Waals surface area contributed by atoms with E-state index < -0.39 is 0 Å². The first kappa shape index (κ1) is 14.2. The highest BCUT2D eigenvalue weighted by molar-refractivity contribution is 6.42. The summed E-state index contributed by atoms with van der Waals surface area (Å²) in [4.78, 5) is 0. The molecule has 2 aromatic carbocycles. The van der Waals surface area contributed by atoms with Crippen LogP contribution < -0.4 is 5.32 Å². The van der Waals surface area contributed by atoms with Crippen LogP contribution in [0.4, 0.5) is 5.69 Å². The standard InChI is InChI=1S/C14H11Cl3N2/c15-11-3-1-9(2-4-11)8-19-14-6-13(17)12(16)5-10(14)7-18/h1-7,18-19H,8H2. The maximum atomic E-state index is 7.38. The van der Waals surface area contributed by atoms with Gasteiger partial charge in [-0.1, -0.05) is 46.9 Å². The van der Waals surface area contributed by atoms with Gasteiger partial charge < -0.3 is 10.7 Å². The molecule has 2 N–H and O–H groups in total. The van der Waals surface area contributed by atoms with Crippen molar-refractivity contribution < 1.29 is 0 Å². The summed E-state index contributed by atoms with van der Waals surface area (Å²) < 4.78 is 0. The number of benzene rings is 2. The molecule has 0 unspecified atom stereocenters. The Kier molecular flexibility index (Phi) is 4.70. The Hall–Kier alpha value is -1.22. The first-order valence-electron chi connectivity index (χ1n) is 5.58. The second-order valence-corrected chi connectivity index (χ2v) is 5.23. The summed E-state index contributed by atoms with van der Waals surface area (Å²) in [5.41, 5.74) is 2.56. The highest BCUT2D eigenvalue weighted by Crippen LogP contribution is 2.28. The molecule has 19 heavy (non-hydrogen) atoms. The van der Waals surface area contributed by atoms with E-state index in [0.717, 1.165) is 11.3 Å². The van der Waals surface area contributed by atoms with Gasteiger partial charge in [-0.05, 0) is 29.8 Å². The predicted octanol–water partition coefficient (Wildman–Crippen LogP) is 5.26. The van der Waals surface area contributed by atoms with Crippen LogP contribution in [0.1, 0.15) is 11.1 Å². The molecule has 0 aliphatic rings. The first-order valence-corrected chi connectivity index (χ1v) is 6.71. The SMILES string of the molecule is N=Cc1cc(Cl)c(Cl)cc1NCc1ccc(Cl)cc1. The molecule has 0 heterocycles. The fourth-order valence-electron chi connectivity index (χ4n) is 1.63. The molecule has 0 bridgehead atoms. The summed E-state index contributed by atoms with van der Waals surface area (Å²) in [6.45, 7) is 0.621. The molecule has 0 saturated carbocycles. The summed E-state index contributed by atoms with van der Waals surface area (Å²) >= 11 is 17.7. The molecule has 0 aliphatic heterocycles. The molecule has 2 rings (SSSR count). The fourth-order valence-corrected chi connectivity index (χ4v) is 2.10. The molecule has 0 fully saturated rings. The number of rotatable bonds is 4. The Labute approximate surface area is 126 Å². The highest BCUT2D eigenvalue weighted by atomic mass is 35.5. The van der Waals surface area contributed by atoms with Crippen LogP contribution in [0.3, 0.4) is 0 Å². The smallest absolute Gasteiger partial charge is 0.0613 e. The van der Waals surface area contributed by atoms with Gasteiger partial charge in [-0.3, -0.25) is 0 Å². The van der Waals surface area contributed by atoms with Crippen LogP contribution in [0.2, 0.25) is 15.1 Å². The van der Waals surface area contributed by atoms with Gasteiger partial charge >= 0.3 is 0 Å². The average Bonchev–Trinajstić information content (AvgIpc) is 2.41. The largest absolute Gasteiger partial charge is 0.380 e. The van der Waals surface area contributed by atoms with Gasteiger partial charge in [0, 0.05) is 29.0 Å². The van der Waals surface area contributed by atoms with E-state index in [-0.39, 0.29) is 0 Å². The molecule has 0 atom stereocenters. The Morgan fingerprint density at radius 1 is 1.00 bits per heavy atom. The van der Waals surface area contributed by atoms with E-state index in [1.165, 1.54) is 6.21 Å². The van der Waals surface area contributed by atoms with Gasteiger partial charge in [0.25, 0.3) is 0 Å². The van der Waals surface area contributed by atoms with Crippen LogP contribution in [-0.4, -0.2) is 6.21 Å². The molecule has 0 radical (unpaired) electrons. The second-order valence-electron chi connectivity index (χ2n) is 3.98. The van der Waals surface area contributed by atoms with Gasteiger partial charge in [0.15, 0.2) is 0 Å². The monoisotopic (exact) mass is 312 g/mol. The molecular weight excluding hydrogens is 303 g/mol. The van der Waals surface area contributed by atoms with Crippen LogP contribution in [0.25, 0.3) is 0 Å². The summed E-state index contributed by atoms with van der Waals surface area (Å²) in [5.74, 6) is 0. The summed E-state index contributed by atoms with van der Waals surface area (Å²) in [7, 11) is 0. The van der Waals surface area contributed by atoms with Crippen molar-refractivity contribution in [3.05, 3.63) is 62.6 Å². The number of anilines is 1. The first-order chi connectivity index (χ1) is 9.10. The number of halogens is 3. The third-order valence-corrected chi connectivity index (χ3v) is 3.62. The normalized spacial score (nSPS) is 10.3. The van der Waals surface area contributed by atoms with Crippen molar-refractivity contribution in [1.29, 1.82) is 5.41 Å². The van der Waals surface area contributed by atoms with Gasteiger partial charge in [-0.15, -0.1) is 0 Å². The Balaban J connectivity index is 2.17. The number of hydrogen-bond donors (Lipinski definition) is 2. The number of hydrogen-bond acceptors (Lipinski definition) is 2. The van der Waals surface area contributed by atoms with E-state index in [1.54, 1.807) is 12.1 Å². The van der Waals surface area contributed by atoms with E-state index in [9.17, 15) is 0 Å². The van der Waals surface area contributed by atoms with Crippen molar-refractivity contribution in [1.82, 2.24) is 0 Å². The summed E-state index contributed by atoms with van der Waals surface area (Å²) in [6.07, 6.45) is 1.24. The van der Waals surface area contributed by atoms with Crippen molar-refractivity contribution in [3.63, 3.8) is 0 Å². The molecule has 5 heteroatoms. The molecular formula is C14H11Cl3N2. The van der Waals surface area contributed by atoms with E-state index in [0.29, 0.717) is 27.2 Å². The van der Waals surface area contributed by atoms with E-state index in [1.807, 2.05) is 24.3 Å². The third kappa shape index (κ3) is 3.63. The lowest BCUT2D eigenvalue weighted by atomic mass is 10.1. The Bertz CT molecular complexity index is 594. The molecule has 0 aromatic heterocycles. The summed E-state index contributed by atoms with van der Waals surface area (Å²) in [5, 5.41) is 12.2. The second kappa shape index (κ2) is 6.29. The molecule has 2 nitrogen and oxygen atoms in total. The third-order valence-electron chi connectivity index (χ3n) is 2.64. The van der Waals surface area contributed by atoms with E-state index >= 15 is 0 Å². The van der Waals surface area contributed by atoms with Crippen LogP contribution >= 0.6 is 34.8 Å². The topological polar surface area (TPSA) is 35.9 Å². The zero-order valence-corrected chi connectivity index (χ0v) is 12.2. The van der Waals surface area contributed by atoms with E-state index in [2.05, 4.69) is 5.32 Å². The maximum absolute atomic E-state index is 7.38. The lowest BCUT2D eigenvalue weighted by Gasteiger charge is -2.11. The van der Waals surface area contributed by atoms with Crippen molar-refractivity contribution in [2.45, 2.75) is 6.54 Å². The minimum atomic E-state index is 0.442. The molecule has 2 aromatic rings. The lowest BCUT2D eigenvalue weighted by molar-refractivity contribution is 1.15. The minimum Gasteiger partial charge on any atom is -0.380 e. The Morgan fingerprint density at radius 3 is 2.26 bits per heavy atom. The van der Waals surface area contributed by atoms with E-state index in [4.69, 9.17) is 40.2 Å². The van der Waals surface area contributed by atoms with Crippen LogP contribution in [0.5, 0.6) is 0 Å². The maximum Gasteiger partial charge on any atom is 0.0613 e. The van der Waals surface area contributed by atoms with Gasteiger partial charge in [0.05, 0.1) is 10.0 Å².